The molecule has 0 unspecified atom stereocenters. The summed E-state index contributed by atoms with van der Waals surface area (Å²) in [7, 11) is 0. The van der Waals surface area contributed by atoms with E-state index in [9.17, 15) is 4.79 Å². The monoisotopic (exact) mass is 348 g/mol. The molecule has 25 heavy (non-hydrogen) atoms. The van der Waals surface area contributed by atoms with Crippen LogP contribution in [0.4, 0.5) is 0 Å². The largest absolute Gasteiger partial charge is 0.355 e. The first kappa shape index (κ1) is 18.4. The Bertz CT molecular complexity index is 601. The van der Waals surface area contributed by atoms with Gasteiger partial charge in [0.25, 0.3) is 0 Å². The summed E-state index contributed by atoms with van der Waals surface area (Å²) in [5.41, 5.74) is -0.222. The zero-order valence-electron chi connectivity index (χ0n) is 16.1. The predicted molar refractivity (Wildman–Crippen MR) is 96.0 cm³/mol. The van der Waals surface area contributed by atoms with E-state index in [0.717, 1.165) is 51.3 Å². The molecule has 1 N–H and O–H groups in total. The van der Waals surface area contributed by atoms with Crippen molar-refractivity contribution in [2.24, 2.45) is 11.3 Å². The van der Waals surface area contributed by atoms with Crippen molar-refractivity contribution in [2.45, 2.75) is 71.8 Å². The van der Waals surface area contributed by atoms with E-state index in [0.29, 0.717) is 11.8 Å². The number of hydrogen-bond donors (Lipinski definition) is 1. The molecule has 1 saturated heterocycles. The lowest BCUT2D eigenvalue weighted by molar-refractivity contribution is -0.134. The number of rotatable bonds is 5. The molecule has 1 aliphatic carbocycles. The Morgan fingerprint density at radius 2 is 2.12 bits per heavy atom. The second-order valence-electron chi connectivity index (χ2n) is 9.13. The number of carbonyl (C=O) groups excluding carboxylic acids is 1. The number of nitrogens with one attached hydrogen (secondary N) is 1. The third-order valence-electron chi connectivity index (χ3n) is 5.63. The summed E-state index contributed by atoms with van der Waals surface area (Å²) in [5, 5.41) is 7.32. The van der Waals surface area contributed by atoms with E-state index in [1.165, 1.54) is 12.8 Å². The minimum absolute atomic E-state index is 0.109. The van der Waals surface area contributed by atoms with Gasteiger partial charge in [0.1, 0.15) is 0 Å². The summed E-state index contributed by atoms with van der Waals surface area (Å²) in [6.45, 7) is 11.9. The molecule has 1 aliphatic heterocycles. The molecule has 2 heterocycles. The van der Waals surface area contributed by atoms with Crippen molar-refractivity contribution in [2.75, 3.05) is 19.6 Å². The molecule has 6 nitrogen and oxygen atoms in total. The van der Waals surface area contributed by atoms with Crippen molar-refractivity contribution in [1.29, 1.82) is 0 Å². The summed E-state index contributed by atoms with van der Waals surface area (Å²) in [6, 6.07) is 0. The molecule has 1 amide bonds. The van der Waals surface area contributed by atoms with Gasteiger partial charge in [0.05, 0.1) is 6.54 Å². The fourth-order valence-corrected chi connectivity index (χ4v) is 3.67. The Morgan fingerprint density at radius 1 is 1.36 bits per heavy atom. The molecule has 0 radical (unpaired) electrons. The van der Waals surface area contributed by atoms with Crippen LogP contribution in [0, 0.1) is 11.3 Å². The number of aromatic nitrogens is 2. The first-order valence-corrected chi connectivity index (χ1v) is 9.60. The van der Waals surface area contributed by atoms with E-state index in [1.807, 2.05) is 0 Å². The maximum atomic E-state index is 12.3. The maximum Gasteiger partial charge on any atom is 0.232 e. The Labute approximate surface area is 150 Å². The van der Waals surface area contributed by atoms with Crippen LogP contribution < -0.4 is 5.32 Å². The minimum atomic E-state index is -0.113. The highest BCUT2D eigenvalue weighted by atomic mass is 16.5. The van der Waals surface area contributed by atoms with Gasteiger partial charge in [0.2, 0.25) is 11.8 Å². The van der Waals surface area contributed by atoms with E-state index >= 15 is 0 Å². The van der Waals surface area contributed by atoms with E-state index in [4.69, 9.17) is 4.52 Å². The van der Waals surface area contributed by atoms with E-state index < -0.39 is 0 Å². The Hall–Kier alpha value is -1.43. The van der Waals surface area contributed by atoms with Gasteiger partial charge in [-0.3, -0.25) is 9.69 Å². The highest BCUT2D eigenvalue weighted by Gasteiger charge is 2.39. The average Bonchev–Trinajstić information content (AvgIpc) is 2.99. The first-order chi connectivity index (χ1) is 11.8. The second-order valence-corrected chi connectivity index (χ2v) is 9.13. The van der Waals surface area contributed by atoms with Crippen molar-refractivity contribution in [1.82, 2.24) is 20.4 Å². The molecule has 1 aromatic heterocycles. The topological polar surface area (TPSA) is 71.3 Å². The summed E-state index contributed by atoms with van der Waals surface area (Å²) in [6.07, 6.45) is 5.57. The standard InChI is InChI=1S/C19H32N4O2/c1-18(2,3)17-21-15(22-25-17)13-23-10-5-7-14(12-23)11-20-16(24)19(4)8-6-9-19/h14H,5-13H2,1-4H3,(H,20,24)/t14-/m0/s1. The second kappa shape index (κ2) is 7.06. The van der Waals surface area contributed by atoms with Crippen LogP contribution in [0.5, 0.6) is 0 Å². The van der Waals surface area contributed by atoms with Gasteiger partial charge in [-0.25, -0.2) is 0 Å². The molecule has 6 heteroatoms. The van der Waals surface area contributed by atoms with Gasteiger partial charge in [-0.05, 0) is 38.1 Å². The highest BCUT2D eigenvalue weighted by molar-refractivity contribution is 5.83. The molecule has 140 valence electrons. The van der Waals surface area contributed by atoms with Crippen LogP contribution in [0.15, 0.2) is 4.52 Å². The number of carbonyl (C=O) groups is 1. The van der Waals surface area contributed by atoms with Crippen LogP contribution >= 0.6 is 0 Å². The minimum Gasteiger partial charge on any atom is -0.355 e. The molecular weight excluding hydrogens is 316 g/mol. The number of amides is 1. The highest BCUT2D eigenvalue weighted by Crippen LogP contribution is 2.40. The van der Waals surface area contributed by atoms with Gasteiger partial charge in [-0.2, -0.15) is 4.98 Å². The van der Waals surface area contributed by atoms with E-state index in [-0.39, 0.29) is 16.7 Å². The average molecular weight is 348 g/mol. The van der Waals surface area contributed by atoms with Crippen molar-refractivity contribution in [3.05, 3.63) is 11.7 Å². The zero-order chi connectivity index (χ0) is 18.1. The maximum absolute atomic E-state index is 12.3. The number of likely N-dealkylation sites (tertiary alicyclic amines) is 1. The molecule has 2 fully saturated rings. The van der Waals surface area contributed by atoms with Gasteiger partial charge in [0.15, 0.2) is 5.82 Å². The molecule has 3 rings (SSSR count). The van der Waals surface area contributed by atoms with E-state index in [2.05, 4.69) is 48.1 Å². The van der Waals surface area contributed by atoms with Gasteiger partial charge in [-0.1, -0.05) is 39.3 Å². The summed E-state index contributed by atoms with van der Waals surface area (Å²) < 4.78 is 5.39. The Kier molecular flexibility index (Phi) is 5.19. The van der Waals surface area contributed by atoms with Crippen LogP contribution in [-0.2, 0) is 16.8 Å². The fourth-order valence-electron chi connectivity index (χ4n) is 3.67. The normalized spacial score (nSPS) is 23.9. The third kappa shape index (κ3) is 4.40. The predicted octanol–water partition coefficient (Wildman–Crippen LogP) is 2.89. The van der Waals surface area contributed by atoms with Crippen LogP contribution in [0.3, 0.4) is 0 Å². The van der Waals surface area contributed by atoms with Gasteiger partial charge in [-0.15, -0.1) is 0 Å². The SMILES string of the molecule is CC1(C(=O)NC[C@@H]2CCCN(Cc3noc(C(C)(C)C)n3)C2)CCC1. The lowest BCUT2D eigenvalue weighted by atomic mass is 9.70. The molecule has 1 atom stereocenters. The van der Waals surface area contributed by atoms with Gasteiger partial charge >= 0.3 is 0 Å². The molecular formula is C19H32N4O2. The van der Waals surface area contributed by atoms with Crippen molar-refractivity contribution in [3.8, 4) is 0 Å². The van der Waals surface area contributed by atoms with Gasteiger partial charge in [0, 0.05) is 23.9 Å². The lowest BCUT2D eigenvalue weighted by Gasteiger charge is -2.38. The summed E-state index contributed by atoms with van der Waals surface area (Å²) in [4.78, 5) is 19.2. The van der Waals surface area contributed by atoms with Gasteiger partial charge < -0.3 is 9.84 Å². The summed E-state index contributed by atoms with van der Waals surface area (Å²) >= 11 is 0. The van der Waals surface area contributed by atoms with Crippen LogP contribution in [0.1, 0.15) is 71.5 Å². The number of nitrogens with zero attached hydrogens (tertiary/aromatic N) is 3. The molecule has 1 saturated carbocycles. The fraction of sp³-hybridized carbons (Fsp3) is 0.842. The quantitative estimate of drug-likeness (QED) is 0.886. The third-order valence-corrected chi connectivity index (χ3v) is 5.63. The smallest absolute Gasteiger partial charge is 0.232 e. The number of hydrogen-bond acceptors (Lipinski definition) is 5. The molecule has 0 bridgehead atoms. The molecule has 0 aromatic carbocycles. The van der Waals surface area contributed by atoms with Crippen molar-refractivity contribution in [3.63, 3.8) is 0 Å². The summed E-state index contributed by atoms with van der Waals surface area (Å²) in [5.74, 6) is 2.20. The Morgan fingerprint density at radius 3 is 2.72 bits per heavy atom. The number of piperidine rings is 1. The van der Waals surface area contributed by atoms with Crippen LogP contribution in [0.2, 0.25) is 0 Å². The van der Waals surface area contributed by atoms with Crippen LogP contribution in [0.25, 0.3) is 0 Å². The van der Waals surface area contributed by atoms with Crippen molar-refractivity contribution >= 4 is 5.91 Å². The molecule has 1 aromatic rings. The first-order valence-electron chi connectivity index (χ1n) is 9.60. The molecule has 2 aliphatic rings. The van der Waals surface area contributed by atoms with E-state index in [1.54, 1.807) is 0 Å². The zero-order valence-corrected chi connectivity index (χ0v) is 16.1. The molecule has 0 spiro atoms. The lowest BCUT2D eigenvalue weighted by Crippen LogP contribution is -2.47. The Balaban J connectivity index is 1.48. The van der Waals surface area contributed by atoms with Crippen molar-refractivity contribution < 1.29 is 9.32 Å². The van der Waals surface area contributed by atoms with Crippen LogP contribution in [-0.4, -0.2) is 40.6 Å².